The van der Waals surface area contributed by atoms with Crippen LogP contribution >= 0.6 is 27.5 Å². The molecular formula is C14H12BrClN2O. The molecule has 0 fully saturated rings. The maximum absolute atomic E-state index is 9.85. The van der Waals surface area contributed by atoms with E-state index < -0.39 is 0 Å². The number of rotatable bonds is 2. The van der Waals surface area contributed by atoms with Gasteiger partial charge >= 0.3 is 0 Å². The summed E-state index contributed by atoms with van der Waals surface area (Å²) < 4.78 is 0.495. The lowest BCUT2D eigenvalue weighted by molar-refractivity contribution is 0.473. The number of aryl methyl sites for hydroxylation is 2. The van der Waals surface area contributed by atoms with Gasteiger partial charge in [-0.3, -0.25) is 0 Å². The molecule has 0 atom stereocenters. The summed E-state index contributed by atoms with van der Waals surface area (Å²) in [4.78, 5) is 0. The molecule has 0 saturated heterocycles. The van der Waals surface area contributed by atoms with Crippen molar-refractivity contribution < 1.29 is 5.11 Å². The van der Waals surface area contributed by atoms with Crippen LogP contribution in [-0.2, 0) is 0 Å². The monoisotopic (exact) mass is 338 g/mol. The van der Waals surface area contributed by atoms with Crippen LogP contribution in [0.5, 0.6) is 5.75 Å². The third kappa shape index (κ3) is 3.55. The van der Waals surface area contributed by atoms with Crippen molar-refractivity contribution in [2.24, 2.45) is 10.2 Å². The first-order valence-electron chi connectivity index (χ1n) is 5.64. The quantitative estimate of drug-likeness (QED) is 0.686. The fourth-order valence-electron chi connectivity index (χ4n) is 1.75. The topological polar surface area (TPSA) is 45.0 Å². The summed E-state index contributed by atoms with van der Waals surface area (Å²) in [6.07, 6.45) is 0. The predicted molar refractivity (Wildman–Crippen MR) is 80.9 cm³/mol. The maximum Gasteiger partial charge on any atom is 0.157 e. The average molecular weight is 340 g/mol. The van der Waals surface area contributed by atoms with E-state index in [0.717, 1.165) is 16.8 Å². The molecule has 5 heteroatoms. The highest BCUT2D eigenvalue weighted by Crippen LogP contribution is 2.38. The molecule has 0 aliphatic heterocycles. The zero-order valence-electron chi connectivity index (χ0n) is 10.5. The first-order valence-corrected chi connectivity index (χ1v) is 6.81. The fourth-order valence-corrected chi connectivity index (χ4v) is 2.54. The van der Waals surface area contributed by atoms with Crippen LogP contribution in [0.25, 0.3) is 0 Å². The van der Waals surface area contributed by atoms with Crippen LogP contribution in [0.4, 0.5) is 11.4 Å². The number of phenols is 1. The van der Waals surface area contributed by atoms with Crippen molar-refractivity contribution >= 4 is 38.9 Å². The van der Waals surface area contributed by atoms with Crippen molar-refractivity contribution in [1.82, 2.24) is 0 Å². The summed E-state index contributed by atoms with van der Waals surface area (Å²) in [6, 6.07) is 9.08. The minimum Gasteiger partial charge on any atom is -0.505 e. The van der Waals surface area contributed by atoms with Crippen molar-refractivity contribution in [3.8, 4) is 5.75 Å². The maximum atomic E-state index is 9.85. The third-order valence-corrected chi connectivity index (χ3v) is 3.31. The summed E-state index contributed by atoms with van der Waals surface area (Å²) in [6.45, 7) is 4.00. The van der Waals surface area contributed by atoms with Crippen molar-refractivity contribution in [1.29, 1.82) is 0 Å². The highest BCUT2D eigenvalue weighted by molar-refractivity contribution is 9.10. The summed E-state index contributed by atoms with van der Waals surface area (Å²) in [5.74, 6) is 0.0255. The molecule has 19 heavy (non-hydrogen) atoms. The van der Waals surface area contributed by atoms with Gasteiger partial charge in [-0.1, -0.05) is 17.7 Å². The van der Waals surface area contributed by atoms with Crippen molar-refractivity contribution in [3.63, 3.8) is 0 Å². The second kappa shape index (κ2) is 5.72. The zero-order valence-corrected chi connectivity index (χ0v) is 12.8. The van der Waals surface area contributed by atoms with Gasteiger partial charge in [-0.05, 0) is 65.2 Å². The van der Waals surface area contributed by atoms with Gasteiger partial charge in [0.25, 0.3) is 0 Å². The first kappa shape index (κ1) is 14.0. The normalized spacial score (nSPS) is 11.2. The Balaban J connectivity index is 2.37. The van der Waals surface area contributed by atoms with Gasteiger partial charge < -0.3 is 5.11 Å². The minimum absolute atomic E-state index is 0.0255. The van der Waals surface area contributed by atoms with Crippen LogP contribution in [-0.4, -0.2) is 5.11 Å². The van der Waals surface area contributed by atoms with Gasteiger partial charge in [-0.25, -0.2) is 0 Å². The zero-order chi connectivity index (χ0) is 14.0. The average Bonchev–Trinajstić information content (AvgIpc) is 2.30. The van der Waals surface area contributed by atoms with Gasteiger partial charge in [0.2, 0.25) is 0 Å². The lowest BCUT2D eigenvalue weighted by Crippen LogP contribution is -1.76. The van der Waals surface area contributed by atoms with Gasteiger partial charge in [0.05, 0.1) is 10.2 Å². The molecule has 2 aromatic carbocycles. The Morgan fingerprint density at radius 3 is 2.26 bits per heavy atom. The fraction of sp³-hybridized carbons (Fsp3) is 0.143. The molecular weight excluding hydrogens is 328 g/mol. The van der Waals surface area contributed by atoms with Gasteiger partial charge in [-0.15, -0.1) is 5.11 Å². The molecule has 0 amide bonds. The first-order chi connectivity index (χ1) is 8.95. The van der Waals surface area contributed by atoms with E-state index in [1.54, 1.807) is 12.1 Å². The number of benzene rings is 2. The highest BCUT2D eigenvalue weighted by Gasteiger charge is 2.06. The number of aromatic hydroxyl groups is 1. The van der Waals surface area contributed by atoms with Gasteiger partial charge in [0, 0.05) is 5.02 Å². The van der Waals surface area contributed by atoms with Crippen LogP contribution in [0.15, 0.2) is 45.0 Å². The number of hydrogen-bond acceptors (Lipinski definition) is 3. The molecule has 0 unspecified atom stereocenters. The van der Waals surface area contributed by atoms with E-state index in [2.05, 4.69) is 32.2 Å². The van der Waals surface area contributed by atoms with Crippen LogP contribution in [0.3, 0.4) is 0 Å². The third-order valence-electron chi connectivity index (χ3n) is 2.49. The van der Waals surface area contributed by atoms with Crippen LogP contribution in [0.2, 0.25) is 5.02 Å². The van der Waals surface area contributed by atoms with E-state index in [9.17, 15) is 5.11 Å². The largest absolute Gasteiger partial charge is 0.505 e. The van der Waals surface area contributed by atoms with Gasteiger partial charge in [-0.2, -0.15) is 5.11 Å². The molecule has 0 heterocycles. The molecule has 2 aromatic rings. The van der Waals surface area contributed by atoms with Crippen molar-refractivity contribution in [3.05, 3.63) is 51.0 Å². The van der Waals surface area contributed by atoms with E-state index in [4.69, 9.17) is 11.6 Å². The molecule has 0 saturated carbocycles. The molecule has 0 aromatic heterocycles. The van der Waals surface area contributed by atoms with E-state index in [1.165, 1.54) is 0 Å². The van der Waals surface area contributed by atoms with Gasteiger partial charge in [0.15, 0.2) is 5.75 Å². The molecule has 0 aliphatic rings. The SMILES string of the molecule is Cc1cc(C)cc(N=Nc2cc(Cl)cc(Br)c2O)c1. The molecule has 98 valence electrons. The van der Waals surface area contributed by atoms with Crippen LogP contribution < -0.4 is 0 Å². The van der Waals surface area contributed by atoms with E-state index >= 15 is 0 Å². The van der Waals surface area contributed by atoms with E-state index in [1.807, 2.05) is 26.0 Å². The Kier molecular flexibility index (Phi) is 4.22. The molecule has 1 N–H and O–H groups in total. The summed E-state index contributed by atoms with van der Waals surface area (Å²) >= 11 is 9.12. The lowest BCUT2D eigenvalue weighted by Gasteiger charge is -2.02. The number of phenolic OH excluding ortho intramolecular Hbond substituents is 1. The summed E-state index contributed by atoms with van der Waals surface area (Å²) in [7, 11) is 0. The molecule has 0 bridgehead atoms. The summed E-state index contributed by atoms with van der Waals surface area (Å²) in [5, 5.41) is 18.5. The van der Waals surface area contributed by atoms with Crippen LogP contribution in [0, 0.1) is 13.8 Å². The van der Waals surface area contributed by atoms with Crippen molar-refractivity contribution in [2.75, 3.05) is 0 Å². The van der Waals surface area contributed by atoms with E-state index in [-0.39, 0.29) is 5.75 Å². The molecule has 3 nitrogen and oxygen atoms in total. The molecule has 0 radical (unpaired) electrons. The van der Waals surface area contributed by atoms with Crippen LogP contribution in [0.1, 0.15) is 11.1 Å². The highest BCUT2D eigenvalue weighted by atomic mass is 79.9. The second-order valence-corrected chi connectivity index (χ2v) is 5.59. The Morgan fingerprint density at radius 1 is 1.00 bits per heavy atom. The second-order valence-electron chi connectivity index (χ2n) is 4.30. The number of azo groups is 1. The number of halogens is 2. The molecule has 2 rings (SSSR count). The van der Waals surface area contributed by atoms with Gasteiger partial charge in [0.1, 0.15) is 5.69 Å². The predicted octanol–water partition coefficient (Wildman–Crippen LogP) is 5.84. The standard InChI is InChI=1S/C14H12BrClN2O/c1-8-3-9(2)5-11(4-8)17-18-13-7-10(16)6-12(15)14(13)19/h3-7,19H,1-2H3. The summed E-state index contributed by atoms with van der Waals surface area (Å²) in [5.41, 5.74) is 3.31. The Labute approximate surface area is 125 Å². The molecule has 0 aliphatic carbocycles. The molecule has 0 spiro atoms. The lowest BCUT2D eigenvalue weighted by atomic mass is 10.1. The van der Waals surface area contributed by atoms with E-state index in [0.29, 0.717) is 15.2 Å². The Hall–Kier alpha value is -1.39. The van der Waals surface area contributed by atoms with Crippen molar-refractivity contribution in [2.45, 2.75) is 13.8 Å². The Bertz CT molecular complexity index is 636. The minimum atomic E-state index is 0.0255. The number of nitrogens with zero attached hydrogens (tertiary/aromatic N) is 2. The Morgan fingerprint density at radius 2 is 1.63 bits per heavy atom. The number of hydrogen-bond donors (Lipinski definition) is 1. The smallest absolute Gasteiger partial charge is 0.157 e.